The molecule has 4 nitrogen and oxygen atoms in total. The molecule has 1 aromatic rings. The van der Waals surface area contributed by atoms with Gasteiger partial charge in [0.05, 0.1) is 0 Å². The molecule has 0 radical (unpaired) electrons. The largest absolute Gasteiger partial charge is 0.372 e. The predicted octanol–water partition coefficient (Wildman–Crippen LogP) is 2.33. The van der Waals surface area contributed by atoms with Crippen molar-refractivity contribution in [2.75, 3.05) is 26.3 Å². The first-order valence-corrected chi connectivity index (χ1v) is 7.92. The molecule has 21 heavy (non-hydrogen) atoms. The highest BCUT2D eigenvalue weighted by Crippen LogP contribution is 2.13. The number of hydrogen-bond acceptors (Lipinski definition) is 3. The molecule has 0 saturated carbocycles. The van der Waals surface area contributed by atoms with Gasteiger partial charge in [-0.2, -0.15) is 0 Å². The van der Waals surface area contributed by atoms with Gasteiger partial charge in [0.2, 0.25) is 5.91 Å². The molecule has 1 aliphatic rings. The van der Waals surface area contributed by atoms with E-state index >= 15 is 0 Å². The Morgan fingerprint density at radius 3 is 2.81 bits per heavy atom. The van der Waals surface area contributed by atoms with Crippen LogP contribution in [0.1, 0.15) is 37.3 Å². The second-order valence-electron chi connectivity index (χ2n) is 5.63. The van der Waals surface area contributed by atoms with E-state index in [1.807, 2.05) is 6.92 Å². The second-order valence-corrected chi connectivity index (χ2v) is 5.63. The van der Waals surface area contributed by atoms with Crippen LogP contribution in [-0.4, -0.2) is 37.1 Å². The maximum absolute atomic E-state index is 11.6. The lowest BCUT2D eigenvalue weighted by molar-refractivity contribution is -0.125. The third-order valence-electron chi connectivity index (χ3n) is 3.67. The number of rotatable bonds is 8. The van der Waals surface area contributed by atoms with E-state index in [-0.39, 0.29) is 12.5 Å². The molecule has 1 fully saturated rings. The molecule has 1 saturated heterocycles. The van der Waals surface area contributed by atoms with Gasteiger partial charge in [-0.25, -0.2) is 0 Å². The summed E-state index contributed by atoms with van der Waals surface area (Å²) in [4.78, 5) is 14.1. The molecule has 116 valence electrons. The zero-order chi connectivity index (χ0) is 14.9. The minimum absolute atomic E-state index is 0.0478. The lowest BCUT2D eigenvalue weighted by atomic mass is 10.1. The molecule has 0 aliphatic carbocycles. The molecule has 1 amide bonds. The molecular formula is C17H26N2O2. The highest BCUT2D eigenvalue weighted by Gasteiger charge is 2.11. The van der Waals surface area contributed by atoms with E-state index in [4.69, 9.17) is 4.74 Å². The molecule has 4 heteroatoms. The predicted molar refractivity (Wildman–Crippen MR) is 83.9 cm³/mol. The first-order valence-electron chi connectivity index (χ1n) is 7.92. The zero-order valence-electron chi connectivity index (χ0n) is 12.9. The number of amides is 1. The maximum atomic E-state index is 11.6. The standard InChI is InChI=1S/C17H26N2O2/c1-2-10-21-14-17(20)18-12-15-6-5-7-16(11-15)13-19-8-3-4-9-19/h5-7,11H,2-4,8-10,12-14H2,1H3,(H,18,20). The fourth-order valence-electron chi connectivity index (χ4n) is 2.60. The van der Waals surface area contributed by atoms with Gasteiger partial charge < -0.3 is 10.1 Å². The molecule has 1 N–H and O–H groups in total. The lowest BCUT2D eigenvalue weighted by Gasteiger charge is -2.15. The number of benzene rings is 1. The number of hydrogen-bond donors (Lipinski definition) is 1. The van der Waals surface area contributed by atoms with Gasteiger partial charge in [-0.05, 0) is 43.5 Å². The van der Waals surface area contributed by atoms with Crippen LogP contribution in [0.15, 0.2) is 24.3 Å². The van der Waals surface area contributed by atoms with E-state index in [2.05, 4.69) is 34.5 Å². The Bertz CT molecular complexity index is 442. The van der Waals surface area contributed by atoms with Gasteiger partial charge in [0, 0.05) is 19.7 Å². The van der Waals surface area contributed by atoms with Crippen LogP contribution >= 0.6 is 0 Å². The van der Waals surface area contributed by atoms with Crippen LogP contribution in [0.3, 0.4) is 0 Å². The number of nitrogens with zero attached hydrogens (tertiary/aromatic N) is 1. The second kappa shape index (κ2) is 8.80. The Balaban J connectivity index is 1.76. The molecule has 1 aliphatic heterocycles. The summed E-state index contributed by atoms with van der Waals surface area (Å²) < 4.78 is 5.23. The molecule has 2 rings (SSSR count). The van der Waals surface area contributed by atoms with E-state index in [1.54, 1.807) is 0 Å². The quantitative estimate of drug-likeness (QED) is 0.747. The van der Waals surface area contributed by atoms with Gasteiger partial charge in [-0.15, -0.1) is 0 Å². The van der Waals surface area contributed by atoms with Crippen LogP contribution in [0.25, 0.3) is 0 Å². The van der Waals surface area contributed by atoms with Gasteiger partial charge in [-0.1, -0.05) is 31.2 Å². The molecule has 0 aromatic heterocycles. The van der Waals surface area contributed by atoms with Crippen LogP contribution in [0, 0.1) is 0 Å². The lowest BCUT2D eigenvalue weighted by Crippen LogP contribution is -2.27. The van der Waals surface area contributed by atoms with Crippen molar-refractivity contribution in [1.29, 1.82) is 0 Å². The third-order valence-corrected chi connectivity index (χ3v) is 3.67. The van der Waals surface area contributed by atoms with Gasteiger partial charge in [0.15, 0.2) is 0 Å². The van der Waals surface area contributed by atoms with E-state index in [0.717, 1.165) is 18.5 Å². The summed E-state index contributed by atoms with van der Waals surface area (Å²) in [7, 11) is 0. The first kappa shape index (κ1) is 16.0. The molecule has 0 spiro atoms. The van der Waals surface area contributed by atoms with Gasteiger partial charge in [-0.3, -0.25) is 9.69 Å². The summed E-state index contributed by atoms with van der Waals surface area (Å²) in [5, 5.41) is 2.90. The summed E-state index contributed by atoms with van der Waals surface area (Å²) >= 11 is 0. The van der Waals surface area contributed by atoms with E-state index < -0.39 is 0 Å². The van der Waals surface area contributed by atoms with Gasteiger partial charge in [0.25, 0.3) is 0 Å². The fourth-order valence-corrected chi connectivity index (χ4v) is 2.60. The van der Waals surface area contributed by atoms with Crippen LogP contribution < -0.4 is 5.32 Å². The topological polar surface area (TPSA) is 41.6 Å². The van der Waals surface area contributed by atoms with Crippen LogP contribution in [0.5, 0.6) is 0 Å². The Labute approximate surface area is 127 Å². The van der Waals surface area contributed by atoms with Crippen molar-refractivity contribution < 1.29 is 9.53 Å². The summed E-state index contributed by atoms with van der Waals surface area (Å²) in [6.45, 7) is 6.82. The summed E-state index contributed by atoms with van der Waals surface area (Å²) in [6, 6.07) is 8.47. The van der Waals surface area contributed by atoms with E-state index in [0.29, 0.717) is 13.2 Å². The number of likely N-dealkylation sites (tertiary alicyclic amines) is 1. The Kier molecular flexibility index (Phi) is 6.70. The normalized spacial score (nSPS) is 15.3. The van der Waals surface area contributed by atoms with Crippen molar-refractivity contribution in [3.05, 3.63) is 35.4 Å². The van der Waals surface area contributed by atoms with Crippen LogP contribution in [-0.2, 0) is 22.6 Å². The van der Waals surface area contributed by atoms with Crippen molar-refractivity contribution in [2.45, 2.75) is 39.3 Å². The van der Waals surface area contributed by atoms with E-state index in [1.165, 1.54) is 31.5 Å². The Morgan fingerprint density at radius 1 is 1.29 bits per heavy atom. The van der Waals surface area contributed by atoms with Crippen LogP contribution in [0.2, 0.25) is 0 Å². The number of ether oxygens (including phenoxy) is 1. The molecule has 0 bridgehead atoms. The number of nitrogens with one attached hydrogen (secondary N) is 1. The van der Waals surface area contributed by atoms with Crippen LogP contribution in [0.4, 0.5) is 0 Å². The van der Waals surface area contributed by atoms with Gasteiger partial charge in [0.1, 0.15) is 6.61 Å². The maximum Gasteiger partial charge on any atom is 0.246 e. The minimum Gasteiger partial charge on any atom is -0.372 e. The van der Waals surface area contributed by atoms with Crippen molar-refractivity contribution in [3.63, 3.8) is 0 Å². The summed E-state index contributed by atoms with van der Waals surface area (Å²) in [6.07, 6.45) is 3.56. The Hall–Kier alpha value is -1.39. The van der Waals surface area contributed by atoms with Crippen molar-refractivity contribution in [1.82, 2.24) is 10.2 Å². The molecule has 0 unspecified atom stereocenters. The molecule has 1 heterocycles. The van der Waals surface area contributed by atoms with Crippen molar-refractivity contribution >= 4 is 5.91 Å². The highest BCUT2D eigenvalue weighted by molar-refractivity contribution is 5.77. The molecule has 1 aromatic carbocycles. The van der Waals surface area contributed by atoms with Gasteiger partial charge >= 0.3 is 0 Å². The number of carbonyl (C=O) groups is 1. The monoisotopic (exact) mass is 290 g/mol. The van der Waals surface area contributed by atoms with E-state index in [9.17, 15) is 4.79 Å². The summed E-state index contributed by atoms with van der Waals surface area (Å²) in [5.74, 6) is -0.0478. The highest BCUT2D eigenvalue weighted by atomic mass is 16.5. The van der Waals surface area contributed by atoms with Crippen molar-refractivity contribution in [3.8, 4) is 0 Å². The molecule has 0 atom stereocenters. The molecular weight excluding hydrogens is 264 g/mol. The average molecular weight is 290 g/mol. The average Bonchev–Trinajstić information content (AvgIpc) is 2.99. The fraction of sp³-hybridized carbons (Fsp3) is 0.588. The third kappa shape index (κ3) is 5.86. The SMILES string of the molecule is CCCOCC(=O)NCc1cccc(CN2CCCC2)c1. The number of carbonyl (C=O) groups excluding carboxylic acids is 1. The smallest absolute Gasteiger partial charge is 0.246 e. The van der Waals surface area contributed by atoms with Crippen molar-refractivity contribution in [2.24, 2.45) is 0 Å². The Morgan fingerprint density at radius 2 is 2.05 bits per heavy atom. The first-order chi connectivity index (χ1) is 10.3. The summed E-state index contributed by atoms with van der Waals surface area (Å²) in [5.41, 5.74) is 2.47. The zero-order valence-corrected chi connectivity index (χ0v) is 12.9. The minimum atomic E-state index is -0.0478.